The summed E-state index contributed by atoms with van der Waals surface area (Å²) in [5, 5.41) is 14.7. The van der Waals surface area contributed by atoms with E-state index in [2.05, 4.69) is 20.8 Å². The van der Waals surface area contributed by atoms with Crippen LogP contribution in [0.25, 0.3) is 5.69 Å². The highest BCUT2D eigenvalue weighted by molar-refractivity contribution is 5.38. The maximum absolute atomic E-state index is 5.00. The number of nitrogens with one attached hydrogen (secondary N) is 1. The van der Waals surface area contributed by atoms with Crippen LogP contribution in [0.2, 0.25) is 0 Å². The molecule has 0 amide bonds. The van der Waals surface area contributed by atoms with Crippen LogP contribution >= 0.6 is 0 Å². The molecule has 1 N–H and O–H groups in total. The van der Waals surface area contributed by atoms with Gasteiger partial charge < -0.3 is 9.73 Å². The highest BCUT2D eigenvalue weighted by atomic mass is 16.3. The van der Waals surface area contributed by atoms with E-state index in [1.165, 1.54) is 0 Å². The average Bonchev–Trinajstić information content (AvgIpc) is 3.09. The van der Waals surface area contributed by atoms with Crippen LogP contribution in [0.15, 0.2) is 53.3 Å². The molecule has 2 aromatic heterocycles. The van der Waals surface area contributed by atoms with Crippen LogP contribution in [0.5, 0.6) is 0 Å². The number of para-hydroxylation sites is 1. The molecule has 0 fully saturated rings. The van der Waals surface area contributed by atoms with Crippen molar-refractivity contribution < 1.29 is 4.42 Å². The summed E-state index contributed by atoms with van der Waals surface area (Å²) in [6.07, 6.45) is 3.32. The van der Waals surface area contributed by atoms with E-state index in [1.54, 1.807) is 17.2 Å². The Hall–Kier alpha value is -2.63. The maximum Gasteiger partial charge on any atom is 0.248 e. The number of tetrazole rings is 1. The zero-order valence-corrected chi connectivity index (χ0v) is 9.52. The third-order valence-electron chi connectivity index (χ3n) is 2.50. The second-order valence-electron chi connectivity index (χ2n) is 3.73. The van der Waals surface area contributed by atoms with E-state index in [-0.39, 0.29) is 0 Å². The second-order valence-corrected chi connectivity index (χ2v) is 3.73. The molecule has 3 aromatic rings. The Morgan fingerprint density at radius 3 is 2.83 bits per heavy atom. The summed E-state index contributed by atoms with van der Waals surface area (Å²) < 4.78 is 6.65. The highest BCUT2D eigenvalue weighted by Crippen LogP contribution is 2.11. The Balaban J connectivity index is 1.80. The summed E-state index contributed by atoms with van der Waals surface area (Å²) in [5.41, 5.74) is 1.95. The molecule has 18 heavy (non-hydrogen) atoms. The molecule has 2 heterocycles. The van der Waals surface area contributed by atoms with Crippen molar-refractivity contribution in [3.8, 4) is 5.69 Å². The molecular formula is C12H11N5O. The van der Waals surface area contributed by atoms with E-state index in [0.29, 0.717) is 12.5 Å². The highest BCUT2D eigenvalue weighted by Gasteiger charge is 2.07. The van der Waals surface area contributed by atoms with Crippen LogP contribution in [0, 0.1) is 0 Å². The normalized spacial score (nSPS) is 10.4. The lowest BCUT2D eigenvalue weighted by atomic mass is 10.3. The van der Waals surface area contributed by atoms with E-state index in [0.717, 1.165) is 11.3 Å². The molecule has 6 nitrogen and oxygen atoms in total. The van der Waals surface area contributed by atoms with Crippen LogP contribution < -0.4 is 5.32 Å². The Morgan fingerprint density at radius 2 is 2.06 bits per heavy atom. The van der Waals surface area contributed by atoms with Crippen molar-refractivity contribution in [3.63, 3.8) is 0 Å². The van der Waals surface area contributed by atoms with Crippen molar-refractivity contribution in [1.29, 1.82) is 0 Å². The molecule has 0 spiro atoms. The monoisotopic (exact) mass is 241 g/mol. The Kier molecular flexibility index (Phi) is 2.75. The molecule has 3 rings (SSSR count). The van der Waals surface area contributed by atoms with Gasteiger partial charge in [0.15, 0.2) is 0 Å². The van der Waals surface area contributed by atoms with Crippen molar-refractivity contribution >= 4 is 5.95 Å². The van der Waals surface area contributed by atoms with Gasteiger partial charge in [0.1, 0.15) is 0 Å². The quantitative estimate of drug-likeness (QED) is 0.755. The van der Waals surface area contributed by atoms with E-state index >= 15 is 0 Å². The topological polar surface area (TPSA) is 68.8 Å². The van der Waals surface area contributed by atoms with Crippen molar-refractivity contribution in [1.82, 2.24) is 20.2 Å². The lowest BCUT2D eigenvalue weighted by molar-refractivity contribution is 0.564. The molecule has 90 valence electrons. The minimum Gasteiger partial charge on any atom is -0.472 e. The number of hydrogen-bond acceptors (Lipinski definition) is 5. The van der Waals surface area contributed by atoms with Gasteiger partial charge in [-0.15, -0.1) is 0 Å². The van der Waals surface area contributed by atoms with Crippen LogP contribution in [0.1, 0.15) is 5.56 Å². The van der Waals surface area contributed by atoms with Gasteiger partial charge in [0.2, 0.25) is 5.95 Å². The number of rotatable bonds is 4. The zero-order valence-electron chi connectivity index (χ0n) is 9.52. The smallest absolute Gasteiger partial charge is 0.248 e. The first kappa shape index (κ1) is 10.5. The van der Waals surface area contributed by atoms with Gasteiger partial charge in [-0.2, -0.15) is 4.68 Å². The SMILES string of the molecule is c1ccc(-n2nnnc2NCc2ccoc2)cc1. The molecule has 6 heteroatoms. The first-order chi connectivity index (χ1) is 8.93. The molecule has 1 aromatic carbocycles. The van der Waals surface area contributed by atoms with Crippen molar-refractivity contribution in [2.75, 3.05) is 5.32 Å². The van der Waals surface area contributed by atoms with Crippen LogP contribution in [-0.2, 0) is 6.54 Å². The first-order valence-corrected chi connectivity index (χ1v) is 5.52. The summed E-state index contributed by atoms with van der Waals surface area (Å²) in [7, 11) is 0. The van der Waals surface area contributed by atoms with Crippen molar-refractivity contribution in [2.45, 2.75) is 6.54 Å². The molecule has 0 saturated carbocycles. The molecular weight excluding hydrogens is 230 g/mol. The largest absolute Gasteiger partial charge is 0.472 e. The number of furan rings is 1. The predicted molar refractivity (Wildman–Crippen MR) is 65.2 cm³/mol. The second kappa shape index (κ2) is 4.70. The van der Waals surface area contributed by atoms with Gasteiger partial charge >= 0.3 is 0 Å². The van der Waals surface area contributed by atoms with Gasteiger partial charge in [-0.25, -0.2) is 0 Å². The lowest BCUT2D eigenvalue weighted by Gasteiger charge is -2.05. The van der Waals surface area contributed by atoms with Crippen LogP contribution in [0.4, 0.5) is 5.95 Å². The van der Waals surface area contributed by atoms with Gasteiger partial charge in [0.05, 0.1) is 18.2 Å². The molecule has 0 aliphatic heterocycles. The van der Waals surface area contributed by atoms with Gasteiger partial charge in [0.25, 0.3) is 0 Å². The lowest BCUT2D eigenvalue weighted by Crippen LogP contribution is -2.06. The molecule has 0 saturated heterocycles. The van der Waals surface area contributed by atoms with Gasteiger partial charge in [-0.3, -0.25) is 0 Å². The number of benzene rings is 1. The first-order valence-electron chi connectivity index (χ1n) is 5.52. The fourth-order valence-electron chi connectivity index (χ4n) is 1.61. The zero-order chi connectivity index (χ0) is 12.2. The Bertz CT molecular complexity index is 602. The van der Waals surface area contributed by atoms with E-state index < -0.39 is 0 Å². The van der Waals surface area contributed by atoms with Gasteiger partial charge in [0, 0.05) is 12.1 Å². The van der Waals surface area contributed by atoms with Gasteiger partial charge in [-0.1, -0.05) is 23.3 Å². The maximum atomic E-state index is 5.00. The summed E-state index contributed by atoms with van der Waals surface area (Å²) >= 11 is 0. The summed E-state index contributed by atoms with van der Waals surface area (Å²) in [6, 6.07) is 11.6. The van der Waals surface area contributed by atoms with E-state index in [9.17, 15) is 0 Å². The number of hydrogen-bond donors (Lipinski definition) is 1. The molecule has 0 bridgehead atoms. The van der Waals surface area contributed by atoms with Crippen LogP contribution in [0.3, 0.4) is 0 Å². The van der Waals surface area contributed by atoms with E-state index in [4.69, 9.17) is 4.42 Å². The van der Waals surface area contributed by atoms with Crippen LogP contribution in [-0.4, -0.2) is 20.2 Å². The Labute approximate surface area is 103 Å². The van der Waals surface area contributed by atoms with Gasteiger partial charge in [-0.05, 0) is 28.6 Å². The van der Waals surface area contributed by atoms with E-state index in [1.807, 2.05) is 36.4 Å². The molecule has 0 aliphatic rings. The molecule has 0 unspecified atom stereocenters. The number of nitrogens with zero attached hydrogens (tertiary/aromatic N) is 4. The Morgan fingerprint density at radius 1 is 1.17 bits per heavy atom. The van der Waals surface area contributed by atoms with Crippen molar-refractivity contribution in [2.24, 2.45) is 0 Å². The fraction of sp³-hybridized carbons (Fsp3) is 0.0833. The molecule has 0 aliphatic carbocycles. The predicted octanol–water partition coefficient (Wildman–Crippen LogP) is 1.87. The summed E-state index contributed by atoms with van der Waals surface area (Å²) in [6.45, 7) is 0.615. The summed E-state index contributed by atoms with van der Waals surface area (Å²) in [4.78, 5) is 0. The minimum absolute atomic E-state index is 0.599. The third kappa shape index (κ3) is 2.08. The van der Waals surface area contributed by atoms with Crippen molar-refractivity contribution in [3.05, 3.63) is 54.5 Å². The average molecular weight is 241 g/mol. The third-order valence-corrected chi connectivity index (χ3v) is 2.50. The fourth-order valence-corrected chi connectivity index (χ4v) is 1.61. The number of aromatic nitrogens is 4. The number of anilines is 1. The molecule has 0 radical (unpaired) electrons. The summed E-state index contributed by atoms with van der Waals surface area (Å²) in [5.74, 6) is 0.599. The standard InChI is InChI=1S/C12H11N5O/c1-2-4-11(5-3-1)17-12(14-15-16-17)13-8-10-6-7-18-9-10/h1-7,9H,8H2,(H,13,14,16). The minimum atomic E-state index is 0.599. The molecule has 0 atom stereocenters.